The van der Waals surface area contributed by atoms with Crippen molar-refractivity contribution in [2.24, 2.45) is 11.8 Å². The molecule has 0 spiro atoms. The molecule has 1 heteroatoms. The normalized spacial score (nSPS) is 25.6. The van der Waals surface area contributed by atoms with Crippen molar-refractivity contribution in [1.29, 1.82) is 0 Å². The zero-order valence-electron chi connectivity index (χ0n) is 21.7. The Labute approximate surface area is 202 Å². The fourth-order valence-corrected chi connectivity index (χ4v) is 6.28. The highest BCUT2D eigenvalue weighted by molar-refractivity contribution is 5.98. The minimum Gasteiger partial charge on any atom is -0.294 e. The van der Waals surface area contributed by atoms with Gasteiger partial charge >= 0.3 is 0 Å². The van der Waals surface area contributed by atoms with E-state index in [1.807, 2.05) is 0 Å². The number of carbonyl (C=O) groups excluding carboxylic acids is 1. The Morgan fingerprint density at radius 3 is 2.39 bits per heavy atom. The average Bonchev–Trinajstić information content (AvgIpc) is 3.18. The highest BCUT2D eigenvalue weighted by Crippen LogP contribution is 2.46. The van der Waals surface area contributed by atoms with Gasteiger partial charge in [0.1, 0.15) is 0 Å². The summed E-state index contributed by atoms with van der Waals surface area (Å²) in [4.78, 5) is 12.7. The number of ketones is 1. The Bertz CT molecular complexity index is 984. The summed E-state index contributed by atoms with van der Waals surface area (Å²) in [5, 5.41) is 0. The van der Waals surface area contributed by atoms with E-state index < -0.39 is 0 Å². The first-order valence-electron chi connectivity index (χ1n) is 13.3. The van der Waals surface area contributed by atoms with Gasteiger partial charge in [-0.3, -0.25) is 4.79 Å². The van der Waals surface area contributed by atoms with Gasteiger partial charge < -0.3 is 0 Å². The number of carbonyl (C=O) groups is 1. The van der Waals surface area contributed by atoms with E-state index in [1.54, 1.807) is 11.1 Å². The Morgan fingerprint density at radius 1 is 1.09 bits per heavy atom. The van der Waals surface area contributed by atoms with E-state index in [1.165, 1.54) is 48.8 Å². The summed E-state index contributed by atoms with van der Waals surface area (Å²) in [6.45, 7) is 16.1. The third-order valence-electron chi connectivity index (χ3n) is 8.89. The average molecular weight is 445 g/mol. The third-order valence-corrected chi connectivity index (χ3v) is 8.89. The number of hydrogen-bond donors (Lipinski definition) is 0. The quantitative estimate of drug-likeness (QED) is 0.385. The lowest BCUT2D eigenvalue weighted by molar-refractivity contribution is -0.115. The molecule has 0 aromatic heterocycles. The monoisotopic (exact) mass is 444 g/mol. The molecule has 2 atom stereocenters. The van der Waals surface area contributed by atoms with Crippen LogP contribution < -0.4 is 0 Å². The second kappa shape index (κ2) is 9.40. The number of rotatable bonds is 7. The molecule has 0 heterocycles. The number of allylic oxidation sites excluding steroid dienone is 5. The first-order valence-corrected chi connectivity index (χ1v) is 13.3. The van der Waals surface area contributed by atoms with Gasteiger partial charge in [-0.05, 0) is 110 Å². The van der Waals surface area contributed by atoms with Crippen molar-refractivity contribution in [1.82, 2.24) is 0 Å². The first-order chi connectivity index (χ1) is 15.6. The van der Waals surface area contributed by atoms with Crippen LogP contribution in [0.15, 0.2) is 48.1 Å². The zero-order valence-corrected chi connectivity index (χ0v) is 21.7. The molecule has 0 bridgehead atoms. The maximum atomic E-state index is 12.7. The van der Waals surface area contributed by atoms with Crippen LogP contribution in [-0.2, 0) is 22.0 Å². The predicted octanol–water partition coefficient (Wildman–Crippen LogP) is 8.48. The Balaban J connectivity index is 1.36. The molecule has 178 valence electrons. The van der Waals surface area contributed by atoms with Crippen LogP contribution in [0.25, 0.3) is 0 Å². The molecule has 1 aromatic rings. The van der Waals surface area contributed by atoms with Gasteiger partial charge in [-0.1, -0.05) is 70.2 Å². The summed E-state index contributed by atoms with van der Waals surface area (Å²) >= 11 is 0. The summed E-state index contributed by atoms with van der Waals surface area (Å²) in [6.07, 6.45) is 17.7. The van der Waals surface area contributed by atoms with Crippen molar-refractivity contribution in [2.45, 2.75) is 110 Å². The van der Waals surface area contributed by atoms with Gasteiger partial charge in [0.15, 0.2) is 5.78 Å². The summed E-state index contributed by atoms with van der Waals surface area (Å²) in [5.41, 5.74) is 8.86. The smallest absolute Gasteiger partial charge is 0.162 e. The molecule has 1 nitrogen and oxygen atoms in total. The fraction of sp³-hybridized carbons (Fsp3) is 0.594. The third kappa shape index (κ3) is 5.28. The second-order valence-electron chi connectivity index (χ2n) is 12.4. The van der Waals surface area contributed by atoms with Crippen molar-refractivity contribution < 1.29 is 4.79 Å². The van der Waals surface area contributed by atoms with Gasteiger partial charge in [-0.25, -0.2) is 0 Å². The van der Waals surface area contributed by atoms with E-state index in [0.717, 1.165) is 31.3 Å². The molecule has 0 N–H and O–H groups in total. The Hall–Kier alpha value is -1.89. The van der Waals surface area contributed by atoms with Crippen LogP contribution in [0.3, 0.4) is 0 Å². The van der Waals surface area contributed by atoms with E-state index >= 15 is 0 Å². The number of fused-ring (bicyclic) bond motifs is 1. The van der Waals surface area contributed by atoms with Crippen LogP contribution >= 0.6 is 0 Å². The zero-order chi connectivity index (χ0) is 23.8. The van der Waals surface area contributed by atoms with Crippen molar-refractivity contribution in [3.63, 3.8) is 0 Å². The van der Waals surface area contributed by atoms with E-state index in [-0.39, 0.29) is 10.8 Å². The molecule has 1 saturated carbocycles. The van der Waals surface area contributed by atoms with Crippen LogP contribution in [0.4, 0.5) is 0 Å². The number of hydrogen-bond acceptors (Lipinski definition) is 1. The van der Waals surface area contributed by atoms with Crippen LogP contribution in [-0.4, -0.2) is 5.78 Å². The molecule has 3 aliphatic carbocycles. The molecule has 4 rings (SSSR count). The Morgan fingerprint density at radius 2 is 1.79 bits per heavy atom. The molecule has 1 fully saturated rings. The van der Waals surface area contributed by atoms with Crippen LogP contribution in [0.1, 0.15) is 108 Å². The molecule has 0 aliphatic heterocycles. The number of benzene rings is 1. The van der Waals surface area contributed by atoms with E-state index in [9.17, 15) is 4.79 Å². The maximum absolute atomic E-state index is 12.7. The lowest BCUT2D eigenvalue weighted by atomic mass is 9.62. The van der Waals surface area contributed by atoms with Crippen molar-refractivity contribution >= 4 is 5.78 Å². The van der Waals surface area contributed by atoms with E-state index in [4.69, 9.17) is 0 Å². The molecule has 1 aromatic carbocycles. The topological polar surface area (TPSA) is 17.1 Å². The van der Waals surface area contributed by atoms with Crippen molar-refractivity contribution in [3.8, 4) is 0 Å². The predicted molar refractivity (Wildman–Crippen MR) is 141 cm³/mol. The Kier molecular flexibility index (Phi) is 6.90. The van der Waals surface area contributed by atoms with Crippen LogP contribution in [0.2, 0.25) is 0 Å². The summed E-state index contributed by atoms with van der Waals surface area (Å²) in [5.74, 6) is 1.47. The highest BCUT2D eigenvalue weighted by Gasteiger charge is 2.37. The molecule has 3 aliphatic rings. The number of Topliss-reactive ketones (excluding diaryl/α,β-unsaturated/α-hetero) is 1. The van der Waals surface area contributed by atoms with Gasteiger partial charge in [-0.2, -0.15) is 0 Å². The van der Waals surface area contributed by atoms with Gasteiger partial charge in [0.2, 0.25) is 0 Å². The number of aryl methyl sites for hydroxylation is 1. The fourth-order valence-electron chi connectivity index (χ4n) is 6.28. The summed E-state index contributed by atoms with van der Waals surface area (Å²) in [7, 11) is 0. The van der Waals surface area contributed by atoms with Gasteiger partial charge in [0.25, 0.3) is 0 Å². The van der Waals surface area contributed by atoms with Gasteiger partial charge in [-0.15, -0.1) is 0 Å². The lowest BCUT2D eigenvalue weighted by Gasteiger charge is -2.42. The minimum atomic E-state index is 0.250. The highest BCUT2D eigenvalue weighted by atomic mass is 16.1. The molecular weight excluding hydrogens is 400 g/mol. The molecule has 33 heavy (non-hydrogen) atoms. The summed E-state index contributed by atoms with van der Waals surface area (Å²) < 4.78 is 0. The molecule has 0 radical (unpaired) electrons. The van der Waals surface area contributed by atoms with E-state index in [2.05, 4.69) is 71.6 Å². The molecule has 1 unspecified atom stereocenters. The van der Waals surface area contributed by atoms with E-state index in [0.29, 0.717) is 24.0 Å². The lowest BCUT2D eigenvalue weighted by Crippen LogP contribution is -2.34. The first kappa shape index (κ1) is 24.2. The SMILES string of the molecule is C=C1CCC[C@H]1CCCC(=O)C1=CCC(Cc2cc3c(cc2C)C(C)(C)CCC3(C)C)C=C1. The van der Waals surface area contributed by atoms with Gasteiger partial charge in [0, 0.05) is 12.0 Å². The van der Waals surface area contributed by atoms with Crippen LogP contribution in [0, 0.1) is 18.8 Å². The molecular formula is C32H44O. The molecule has 0 saturated heterocycles. The van der Waals surface area contributed by atoms with Crippen molar-refractivity contribution in [2.75, 3.05) is 0 Å². The maximum Gasteiger partial charge on any atom is 0.162 e. The van der Waals surface area contributed by atoms with Crippen molar-refractivity contribution in [3.05, 3.63) is 70.3 Å². The molecule has 0 amide bonds. The van der Waals surface area contributed by atoms with Crippen LogP contribution in [0.5, 0.6) is 0 Å². The standard InChI is InChI=1S/C32H44O/c1-22-9-7-10-25(22)11-8-12-30(33)26-15-13-24(14-16-26)20-27-21-29-28(19-23(27)2)31(3,4)17-18-32(29,5)6/h13,15-16,19,21,24-25H,1,7-12,14,17-18,20H2,2-6H3/t24?,25-/m0/s1. The largest absolute Gasteiger partial charge is 0.294 e. The minimum absolute atomic E-state index is 0.250. The second-order valence-corrected chi connectivity index (χ2v) is 12.4. The van der Waals surface area contributed by atoms with Gasteiger partial charge in [0.05, 0.1) is 0 Å². The summed E-state index contributed by atoms with van der Waals surface area (Å²) in [6, 6.07) is 4.99.